The smallest absolute Gasteiger partial charge is 0.405 e. The molecule has 0 fully saturated rings. The summed E-state index contributed by atoms with van der Waals surface area (Å²) in [4.78, 5) is 25.4. The lowest BCUT2D eigenvalue weighted by Gasteiger charge is -2.35. The van der Waals surface area contributed by atoms with Crippen LogP contribution in [-0.2, 0) is 6.54 Å². The third kappa shape index (κ3) is 4.61. The fourth-order valence-electron chi connectivity index (χ4n) is 4.07. The second-order valence-electron chi connectivity index (χ2n) is 9.56. The molecule has 0 saturated carbocycles. The van der Waals surface area contributed by atoms with Gasteiger partial charge in [0.2, 0.25) is 0 Å². The zero-order valence-corrected chi connectivity index (χ0v) is 18.9. The Hall–Kier alpha value is -3.35. The SMILES string of the molecule is CC(C)Cn1c(C(NC(=O)O)C(C)(C)C)c(-c2cccc(F)c2)c2cc(O)ccc2c1=O. The average molecular weight is 441 g/mol. The summed E-state index contributed by atoms with van der Waals surface area (Å²) in [5.74, 6) is -0.408. The Labute approximate surface area is 186 Å². The number of rotatable bonds is 5. The second kappa shape index (κ2) is 8.65. The van der Waals surface area contributed by atoms with Crippen molar-refractivity contribution < 1.29 is 19.4 Å². The second-order valence-corrected chi connectivity index (χ2v) is 9.56. The van der Waals surface area contributed by atoms with Crippen molar-refractivity contribution in [3.63, 3.8) is 0 Å². The number of aromatic hydroxyl groups is 1. The Morgan fingerprint density at radius 2 is 1.81 bits per heavy atom. The van der Waals surface area contributed by atoms with Crippen LogP contribution in [0.25, 0.3) is 21.9 Å². The van der Waals surface area contributed by atoms with Crippen molar-refractivity contribution in [3.05, 3.63) is 64.3 Å². The Morgan fingerprint density at radius 1 is 1.12 bits per heavy atom. The molecule has 1 amide bonds. The third-order valence-electron chi connectivity index (χ3n) is 5.36. The number of phenolic OH excluding ortho intramolecular Hbond substituents is 1. The van der Waals surface area contributed by atoms with Gasteiger partial charge in [0.25, 0.3) is 5.56 Å². The Morgan fingerprint density at radius 3 is 2.38 bits per heavy atom. The van der Waals surface area contributed by atoms with Crippen LogP contribution in [-0.4, -0.2) is 20.9 Å². The maximum atomic E-state index is 14.3. The van der Waals surface area contributed by atoms with Gasteiger partial charge in [0, 0.05) is 22.9 Å². The molecule has 3 rings (SSSR count). The van der Waals surface area contributed by atoms with Crippen LogP contribution in [0.5, 0.6) is 5.75 Å². The van der Waals surface area contributed by atoms with Crippen molar-refractivity contribution in [1.29, 1.82) is 0 Å². The van der Waals surface area contributed by atoms with Crippen LogP contribution in [0, 0.1) is 17.2 Å². The van der Waals surface area contributed by atoms with Crippen molar-refractivity contribution in [2.45, 2.75) is 47.2 Å². The normalized spacial score (nSPS) is 12.8. The van der Waals surface area contributed by atoms with Crippen LogP contribution in [0.2, 0.25) is 0 Å². The quantitative estimate of drug-likeness (QED) is 0.487. The minimum absolute atomic E-state index is 0.0411. The molecule has 2 aromatic carbocycles. The summed E-state index contributed by atoms with van der Waals surface area (Å²) in [7, 11) is 0. The van der Waals surface area contributed by atoms with Crippen LogP contribution in [0.3, 0.4) is 0 Å². The Balaban J connectivity index is 2.60. The summed E-state index contributed by atoms with van der Waals surface area (Å²) >= 11 is 0. The summed E-state index contributed by atoms with van der Waals surface area (Å²) in [6.07, 6.45) is -1.23. The van der Waals surface area contributed by atoms with E-state index < -0.39 is 23.4 Å². The highest BCUT2D eigenvalue weighted by atomic mass is 19.1. The van der Waals surface area contributed by atoms with Gasteiger partial charge in [0.15, 0.2) is 0 Å². The molecular weight excluding hydrogens is 411 g/mol. The van der Waals surface area contributed by atoms with Gasteiger partial charge < -0.3 is 20.1 Å². The molecule has 3 N–H and O–H groups in total. The highest BCUT2D eigenvalue weighted by Gasteiger charge is 2.34. The fraction of sp³-hybridized carbons (Fsp3) is 0.360. The van der Waals surface area contributed by atoms with Gasteiger partial charge >= 0.3 is 6.09 Å². The van der Waals surface area contributed by atoms with Crippen molar-refractivity contribution in [3.8, 4) is 16.9 Å². The number of amides is 1. The monoisotopic (exact) mass is 440 g/mol. The van der Waals surface area contributed by atoms with E-state index in [0.717, 1.165) is 0 Å². The summed E-state index contributed by atoms with van der Waals surface area (Å²) in [6.45, 7) is 9.91. The van der Waals surface area contributed by atoms with Crippen molar-refractivity contribution >= 4 is 16.9 Å². The molecule has 0 spiro atoms. The van der Waals surface area contributed by atoms with Gasteiger partial charge in [-0.3, -0.25) is 4.79 Å². The van der Waals surface area contributed by atoms with E-state index in [1.165, 1.54) is 24.3 Å². The van der Waals surface area contributed by atoms with Gasteiger partial charge in [-0.15, -0.1) is 0 Å². The topological polar surface area (TPSA) is 91.6 Å². The molecule has 1 aromatic heterocycles. The number of nitrogens with one attached hydrogen (secondary N) is 1. The van der Waals surface area contributed by atoms with Gasteiger partial charge in [-0.05, 0) is 47.2 Å². The Kier molecular flexibility index (Phi) is 6.30. The number of carboxylic acid groups (broad SMARTS) is 1. The zero-order valence-electron chi connectivity index (χ0n) is 18.9. The van der Waals surface area contributed by atoms with E-state index in [1.54, 1.807) is 22.8 Å². The first-order chi connectivity index (χ1) is 14.9. The van der Waals surface area contributed by atoms with Crippen LogP contribution >= 0.6 is 0 Å². The number of hydrogen-bond donors (Lipinski definition) is 3. The lowest BCUT2D eigenvalue weighted by atomic mass is 9.80. The molecule has 0 aliphatic rings. The Bertz CT molecular complexity index is 1230. The molecule has 6 nitrogen and oxygen atoms in total. The molecule has 170 valence electrons. The molecule has 7 heteroatoms. The van der Waals surface area contributed by atoms with Crippen molar-refractivity contribution in [1.82, 2.24) is 9.88 Å². The number of halogens is 1. The molecule has 0 saturated heterocycles. The van der Waals surface area contributed by atoms with E-state index >= 15 is 0 Å². The summed E-state index contributed by atoms with van der Waals surface area (Å²) in [5, 5.41) is 23.2. The van der Waals surface area contributed by atoms with E-state index in [9.17, 15) is 24.2 Å². The van der Waals surface area contributed by atoms with E-state index in [4.69, 9.17) is 0 Å². The van der Waals surface area contributed by atoms with Gasteiger partial charge in [0.05, 0.1) is 11.7 Å². The van der Waals surface area contributed by atoms with Gasteiger partial charge in [-0.2, -0.15) is 0 Å². The molecule has 0 bridgehead atoms. The number of carbonyl (C=O) groups is 1. The van der Waals surface area contributed by atoms with Crippen LogP contribution < -0.4 is 10.9 Å². The number of nitrogens with zero attached hydrogens (tertiary/aromatic N) is 1. The van der Waals surface area contributed by atoms with Gasteiger partial charge in [0.1, 0.15) is 11.6 Å². The number of fused-ring (bicyclic) bond motifs is 1. The van der Waals surface area contributed by atoms with Gasteiger partial charge in [-0.25, -0.2) is 9.18 Å². The predicted molar refractivity (Wildman–Crippen MR) is 123 cm³/mol. The van der Waals surface area contributed by atoms with E-state index in [0.29, 0.717) is 34.1 Å². The molecule has 1 heterocycles. The molecule has 32 heavy (non-hydrogen) atoms. The van der Waals surface area contributed by atoms with E-state index in [-0.39, 0.29) is 17.2 Å². The minimum atomic E-state index is -1.23. The number of aromatic nitrogens is 1. The van der Waals surface area contributed by atoms with Crippen molar-refractivity contribution in [2.75, 3.05) is 0 Å². The fourth-order valence-corrected chi connectivity index (χ4v) is 4.07. The minimum Gasteiger partial charge on any atom is -0.508 e. The largest absolute Gasteiger partial charge is 0.508 e. The lowest BCUT2D eigenvalue weighted by Crippen LogP contribution is -2.40. The average Bonchev–Trinajstić information content (AvgIpc) is 2.67. The number of benzene rings is 2. The molecule has 0 radical (unpaired) electrons. The highest BCUT2D eigenvalue weighted by molar-refractivity contribution is 5.98. The zero-order chi connectivity index (χ0) is 23.8. The molecule has 1 atom stereocenters. The molecule has 3 aromatic rings. The molecule has 0 aliphatic carbocycles. The number of pyridine rings is 1. The van der Waals surface area contributed by atoms with E-state index in [2.05, 4.69) is 5.32 Å². The maximum absolute atomic E-state index is 14.3. The maximum Gasteiger partial charge on any atom is 0.405 e. The van der Waals surface area contributed by atoms with Crippen LogP contribution in [0.1, 0.15) is 46.4 Å². The number of phenols is 1. The molecular formula is C25H29FN2O4. The number of hydrogen-bond acceptors (Lipinski definition) is 3. The summed E-state index contributed by atoms with van der Waals surface area (Å²) in [5.41, 5.74) is 0.558. The summed E-state index contributed by atoms with van der Waals surface area (Å²) in [6, 6.07) is 9.64. The summed E-state index contributed by atoms with van der Waals surface area (Å²) < 4.78 is 15.9. The first-order valence-electron chi connectivity index (χ1n) is 10.5. The van der Waals surface area contributed by atoms with Crippen LogP contribution in [0.4, 0.5) is 9.18 Å². The standard InChI is InChI=1S/C25H29FN2O4/c1-14(2)13-28-21(22(25(3,4)5)27-24(31)32)20(15-7-6-8-16(26)11-15)19-12-17(29)9-10-18(19)23(28)30/h6-12,14,22,27,29H,13H2,1-5H3,(H,31,32). The molecule has 0 aliphatic heterocycles. The third-order valence-corrected chi connectivity index (χ3v) is 5.36. The first kappa shape index (κ1) is 23.3. The van der Waals surface area contributed by atoms with E-state index in [1.807, 2.05) is 34.6 Å². The molecule has 1 unspecified atom stereocenters. The highest BCUT2D eigenvalue weighted by Crippen LogP contribution is 2.41. The lowest BCUT2D eigenvalue weighted by molar-refractivity contribution is 0.172. The van der Waals surface area contributed by atoms with Crippen LogP contribution in [0.15, 0.2) is 47.3 Å². The predicted octanol–water partition coefficient (Wildman–Crippen LogP) is 5.52. The van der Waals surface area contributed by atoms with Gasteiger partial charge in [-0.1, -0.05) is 46.8 Å². The van der Waals surface area contributed by atoms with Crippen molar-refractivity contribution in [2.24, 2.45) is 11.3 Å². The first-order valence-corrected chi connectivity index (χ1v) is 10.5.